The molecule has 0 aromatic carbocycles. The molecule has 0 saturated carbocycles. The minimum absolute atomic E-state index is 0.218. The van der Waals surface area contributed by atoms with Crippen LogP contribution in [0.2, 0.25) is 0 Å². The Balaban J connectivity index is 2.26. The molecule has 14 heavy (non-hydrogen) atoms. The molecule has 0 bridgehead atoms. The minimum atomic E-state index is -0.336. The molecule has 5 nitrogen and oxygen atoms in total. The maximum atomic E-state index is 10.8. The summed E-state index contributed by atoms with van der Waals surface area (Å²) in [5.74, 6) is -0.336. The molecule has 1 fully saturated rings. The first kappa shape index (κ1) is 11.4. The van der Waals surface area contributed by atoms with E-state index in [2.05, 4.69) is 4.90 Å². The van der Waals surface area contributed by atoms with Crippen molar-refractivity contribution in [2.45, 2.75) is 32.5 Å². The molecule has 1 aliphatic rings. The third kappa shape index (κ3) is 3.61. The molecule has 1 aliphatic heterocycles. The lowest BCUT2D eigenvalue weighted by Gasteiger charge is -2.35. The fourth-order valence-electron chi connectivity index (χ4n) is 1.78. The molecule has 2 atom stereocenters. The van der Waals surface area contributed by atoms with Crippen LogP contribution in [0.25, 0.3) is 0 Å². The van der Waals surface area contributed by atoms with Crippen LogP contribution in [0.15, 0.2) is 0 Å². The molecule has 82 valence electrons. The Labute approximate surface area is 84.0 Å². The summed E-state index contributed by atoms with van der Waals surface area (Å²) in [5.41, 5.74) is 1.63. The number of hydroxylamine groups is 1. The van der Waals surface area contributed by atoms with E-state index in [0.29, 0.717) is 13.0 Å². The van der Waals surface area contributed by atoms with Gasteiger partial charge in [0.15, 0.2) is 0 Å². The number of rotatable bonds is 3. The molecule has 1 rings (SSSR count). The maximum Gasteiger partial charge on any atom is 0.244 e. The topological polar surface area (TPSA) is 61.8 Å². The molecule has 0 aromatic heterocycles. The van der Waals surface area contributed by atoms with Gasteiger partial charge in [-0.1, -0.05) is 0 Å². The van der Waals surface area contributed by atoms with Gasteiger partial charge in [-0.3, -0.25) is 14.9 Å². The van der Waals surface area contributed by atoms with Crippen molar-refractivity contribution in [2.75, 3.05) is 19.6 Å². The number of nitrogens with zero attached hydrogens (tertiary/aromatic N) is 1. The molecule has 0 unspecified atom stereocenters. The number of hydrogen-bond acceptors (Lipinski definition) is 4. The first-order valence-electron chi connectivity index (χ1n) is 4.92. The first-order chi connectivity index (χ1) is 6.61. The zero-order valence-corrected chi connectivity index (χ0v) is 8.69. The van der Waals surface area contributed by atoms with Crippen molar-refractivity contribution in [1.29, 1.82) is 0 Å². The van der Waals surface area contributed by atoms with Crippen molar-refractivity contribution in [3.05, 3.63) is 0 Å². The van der Waals surface area contributed by atoms with Crippen molar-refractivity contribution in [3.63, 3.8) is 0 Å². The van der Waals surface area contributed by atoms with Gasteiger partial charge in [0.05, 0.1) is 12.2 Å². The summed E-state index contributed by atoms with van der Waals surface area (Å²) < 4.78 is 5.56. The first-order valence-corrected chi connectivity index (χ1v) is 4.92. The SMILES string of the molecule is C[C@@H]1CN(CCC(=O)NO)C[C@@H](C)O1. The third-order valence-corrected chi connectivity index (χ3v) is 2.28. The lowest BCUT2D eigenvalue weighted by molar-refractivity contribution is -0.130. The molecule has 1 heterocycles. The summed E-state index contributed by atoms with van der Waals surface area (Å²) >= 11 is 0. The van der Waals surface area contributed by atoms with Crippen LogP contribution >= 0.6 is 0 Å². The van der Waals surface area contributed by atoms with E-state index in [0.717, 1.165) is 13.1 Å². The van der Waals surface area contributed by atoms with Crippen molar-refractivity contribution in [3.8, 4) is 0 Å². The van der Waals surface area contributed by atoms with Crippen molar-refractivity contribution in [2.24, 2.45) is 0 Å². The van der Waals surface area contributed by atoms with Gasteiger partial charge in [-0.05, 0) is 13.8 Å². The fraction of sp³-hybridized carbons (Fsp3) is 0.889. The van der Waals surface area contributed by atoms with E-state index < -0.39 is 0 Å². The summed E-state index contributed by atoms with van der Waals surface area (Å²) in [4.78, 5) is 13.0. The number of morpholine rings is 1. The largest absolute Gasteiger partial charge is 0.373 e. The quantitative estimate of drug-likeness (QED) is 0.499. The summed E-state index contributed by atoms with van der Waals surface area (Å²) in [5, 5.41) is 8.33. The highest BCUT2D eigenvalue weighted by Crippen LogP contribution is 2.10. The van der Waals surface area contributed by atoms with Crippen molar-refractivity contribution in [1.82, 2.24) is 10.4 Å². The fourth-order valence-corrected chi connectivity index (χ4v) is 1.78. The van der Waals surface area contributed by atoms with Gasteiger partial charge in [0.2, 0.25) is 5.91 Å². The van der Waals surface area contributed by atoms with Gasteiger partial charge >= 0.3 is 0 Å². The second-order valence-electron chi connectivity index (χ2n) is 3.80. The predicted molar refractivity (Wildman–Crippen MR) is 51.0 cm³/mol. The molecule has 2 N–H and O–H groups in total. The number of carbonyl (C=O) groups excluding carboxylic acids is 1. The van der Waals surface area contributed by atoms with E-state index in [1.807, 2.05) is 13.8 Å². The maximum absolute atomic E-state index is 10.8. The second kappa shape index (κ2) is 5.29. The van der Waals surface area contributed by atoms with Crippen LogP contribution in [-0.2, 0) is 9.53 Å². The number of nitrogens with one attached hydrogen (secondary N) is 1. The van der Waals surface area contributed by atoms with E-state index >= 15 is 0 Å². The molecular weight excluding hydrogens is 184 g/mol. The van der Waals surface area contributed by atoms with Gasteiger partial charge in [0, 0.05) is 26.1 Å². The monoisotopic (exact) mass is 202 g/mol. The van der Waals surface area contributed by atoms with E-state index in [9.17, 15) is 4.79 Å². The normalized spacial score (nSPS) is 28.8. The zero-order valence-electron chi connectivity index (χ0n) is 8.69. The van der Waals surface area contributed by atoms with Crippen molar-refractivity contribution < 1.29 is 14.7 Å². The Hall–Kier alpha value is -0.650. The smallest absolute Gasteiger partial charge is 0.244 e. The second-order valence-corrected chi connectivity index (χ2v) is 3.80. The summed E-state index contributed by atoms with van der Waals surface area (Å²) in [6.45, 7) is 6.42. The Kier molecular flexibility index (Phi) is 4.31. The molecule has 1 amide bonds. The average molecular weight is 202 g/mol. The van der Waals surface area contributed by atoms with Gasteiger partial charge < -0.3 is 4.74 Å². The van der Waals surface area contributed by atoms with Crippen LogP contribution in [0.3, 0.4) is 0 Å². The van der Waals surface area contributed by atoms with Crippen LogP contribution in [0.4, 0.5) is 0 Å². The Morgan fingerprint density at radius 2 is 2.07 bits per heavy atom. The highest BCUT2D eigenvalue weighted by molar-refractivity contribution is 5.74. The van der Waals surface area contributed by atoms with Crippen LogP contribution < -0.4 is 5.48 Å². The van der Waals surface area contributed by atoms with E-state index in [1.165, 1.54) is 0 Å². The lowest BCUT2D eigenvalue weighted by Crippen LogP contribution is -2.46. The van der Waals surface area contributed by atoms with Crippen LogP contribution in [0.1, 0.15) is 20.3 Å². The predicted octanol–water partition coefficient (Wildman–Crippen LogP) is -0.00890. The summed E-state index contributed by atoms with van der Waals surface area (Å²) in [6, 6.07) is 0. The lowest BCUT2D eigenvalue weighted by atomic mass is 10.2. The molecule has 1 saturated heterocycles. The molecule has 5 heteroatoms. The Morgan fingerprint density at radius 1 is 1.50 bits per heavy atom. The average Bonchev–Trinajstić information content (AvgIpc) is 2.12. The molecule has 0 radical (unpaired) electrons. The summed E-state index contributed by atoms with van der Waals surface area (Å²) in [6.07, 6.45) is 0.766. The van der Waals surface area contributed by atoms with Gasteiger partial charge in [-0.15, -0.1) is 0 Å². The zero-order chi connectivity index (χ0) is 10.6. The Bertz CT molecular complexity index is 188. The van der Waals surface area contributed by atoms with Gasteiger partial charge in [0.1, 0.15) is 0 Å². The summed E-state index contributed by atoms with van der Waals surface area (Å²) in [7, 11) is 0. The van der Waals surface area contributed by atoms with Gasteiger partial charge in [0.25, 0.3) is 0 Å². The number of hydrogen-bond donors (Lipinski definition) is 2. The molecular formula is C9H18N2O3. The highest BCUT2D eigenvalue weighted by atomic mass is 16.5. The van der Waals surface area contributed by atoms with Gasteiger partial charge in [-0.25, -0.2) is 5.48 Å². The number of amides is 1. The van der Waals surface area contributed by atoms with Crippen LogP contribution in [0, 0.1) is 0 Å². The third-order valence-electron chi connectivity index (χ3n) is 2.28. The van der Waals surface area contributed by atoms with E-state index in [1.54, 1.807) is 5.48 Å². The molecule has 0 aliphatic carbocycles. The number of carbonyl (C=O) groups is 1. The van der Waals surface area contributed by atoms with Gasteiger partial charge in [-0.2, -0.15) is 0 Å². The van der Waals surface area contributed by atoms with Crippen molar-refractivity contribution >= 4 is 5.91 Å². The highest BCUT2D eigenvalue weighted by Gasteiger charge is 2.21. The van der Waals surface area contributed by atoms with E-state index in [-0.39, 0.29) is 18.1 Å². The number of ether oxygens (including phenoxy) is 1. The van der Waals surface area contributed by atoms with Crippen LogP contribution in [-0.4, -0.2) is 47.9 Å². The van der Waals surface area contributed by atoms with Crippen LogP contribution in [0.5, 0.6) is 0 Å². The molecule has 0 spiro atoms. The van der Waals surface area contributed by atoms with E-state index in [4.69, 9.17) is 9.94 Å². The minimum Gasteiger partial charge on any atom is -0.373 e. The standard InChI is InChI=1S/C9H18N2O3/c1-7-5-11(6-8(2)14-7)4-3-9(12)10-13/h7-8,13H,3-6H2,1-2H3,(H,10,12)/t7-,8-/m1/s1. The molecule has 0 aromatic rings. The Morgan fingerprint density at radius 3 is 2.57 bits per heavy atom.